The summed E-state index contributed by atoms with van der Waals surface area (Å²) < 4.78 is 0. The zero-order valence-corrected chi connectivity index (χ0v) is 7.86. The summed E-state index contributed by atoms with van der Waals surface area (Å²) >= 11 is 0. The molecule has 1 saturated heterocycles. The van der Waals surface area contributed by atoms with Gasteiger partial charge in [0.25, 0.3) is 0 Å². The molecule has 0 unspecified atom stereocenters. The van der Waals surface area contributed by atoms with Crippen molar-refractivity contribution >= 4 is 5.97 Å². The molecular formula is C11H13NO2. The summed E-state index contributed by atoms with van der Waals surface area (Å²) in [5.41, 5.74) is 1.54. The summed E-state index contributed by atoms with van der Waals surface area (Å²) in [6.07, 6.45) is 2.35. The topological polar surface area (TPSA) is 49.3 Å². The van der Waals surface area contributed by atoms with Crippen LogP contribution in [0.25, 0.3) is 0 Å². The Hall–Kier alpha value is -1.35. The van der Waals surface area contributed by atoms with Gasteiger partial charge in [-0.2, -0.15) is 0 Å². The van der Waals surface area contributed by atoms with Crippen LogP contribution >= 0.6 is 0 Å². The highest BCUT2D eigenvalue weighted by Crippen LogP contribution is 2.22. The van der Waals surface area contributed by atoms with Crippen LogP contribution in [0.4, 0.5) is 0 Å². The highest BCUT2D eigenvalue weighted by atomic mass is 16.4. The lowest BCUT2D eigenvalue weighted by Gasteiger charge is -2.10. The third kappa shape index (κ3) is 1.77. The zero-order chi connectivity index (χ0) is 9.97. The molecule has 3 nitrogen and oxygen atoms in total. The number of hydrogen-bond donors (Lipinski definition) is 2. The number of nitrogens with one attached hydrogen (secondary N) is 1. The molecule has 0 saturated carbocycles. The fraction of sp³-hybridized carbons (Fsp3) is 0.364. The SMILES string of the molecule is O=C(O)c1ccc([C@@H]2CCCN2)cc1. The van der Waals surface area contributed by atoms with Gasteiger partial charge in [-0.25, -0.2) is 4.79 Å². The minimum atomic E-state index is -0.865. The van der Waals surface area contributed by atoms with Gasteiger partial charge in [0.05, 0.1) is 5.56 Å². The van der Waals surface area contributed by atoms with Crippen molar-refractivity contribution in [3.63, 3.8) is 0 Å². The van der Waals surface area contributed by atoms with Gasteiger partial charge in [-0.15, -0.1) is 0 Å². The Labute approximate surface area is 82.8 Å². The maximum atomic E-state index is 10.6. The van der Waals surface area contributed by atoms with E-state index in [1.807, 2.05) is 12.1 Å². The highest BCUT2D eigenvalue weighted by molar-refractivity contribution is 5.87. The van der Waals surface area contributed by atoms with Crippen LogP contribution in [0.3, 0.4) is 0 Å². The molecule has 0 aromatic heterocycles. The molecule has 1 aliphatic rings. The van der Waals surface area contributed by atoms with Gasteiger partial charge in [0.15, 0.2) is 0 Å². The molecule has 0 bridgehead atoms. The van der Waals surface area contributed by atoms with Crippen LogP contribution in [0, 0.1) is 0 Å². The molecule has 74 valence electrons. The normalized spacial score (nSPS) is 21.0. The summed E-state index contributed by atoms with van der Waals surface area (Å²) in [6.45, 7) is 1.06. The Bertz CT molecular complexity index is 326. The third-order valence-electron chi connectivity index (χ3n) is 2.62. The lowest BCUT2D eigenvalue weighted by Crippen LogP contribution is -2.12. The predicted octanol–water partition coefficient (Wildman–Crippen LogP) is 1.81. The number of carbonyl (C=O) groups is 1. The van der Waals surface area contributed by atoms with Crippen molar-refractivity contribution in [2.75, 3.05) is 6.54 Å². The van der Waals surface area contributed by atoms with E-state index >= 15 is 0 Å². The molecule has 0 spiro atoms. The largest absolute Gasteiger partial charge is 0.478 e. The Balaban J connectivity index is 2.16. The van der Waals surface area contributed by atoms with Crippen LogP contribution in [0.15, 0.2) is 24.3 Å². The lowest BCUT2D eigenvalue weighted by atomic mass is 10.0. The predicted molar refractivity (Wildman–Crippen MR) is 53.4 cm³/mol. The van der Waals surface area contributed by atoms with Gasteiger partial charge >= 0.3 is 5.97 Å². The molecule has 0 amide bonds. The first-order valence-electron chi connectivity index (χ1n) is 4.84. The molecule has 1 atom stereocenters. The van der Waals surface area contributed by atoms with Gasteiger partial charge in [0, 0.05) is 6.04 Å². The molecule has 2 N–H and O–H groups in total. The molecule has 0 radical (unpaired) electrons. The third-order valence-corrected chi connectivity index (χ3v) is 2.62. The van der Waals surface area contributed by atoms with Gasteiger partial charge in [0.1, 0.15) is 0 Å². The van der Waals surface area contributed by atoms with Gasteiger partial charge < -0.3 is 10.4 Å². The molecule has 1 fully saturated rings. The minimum Gasteiger partial charge on any atom is -0.478 e. The molecule has 1 heterocycles. The Morgan fingerprint density at radius 3 is 2.57 bits per heavy atom. The van der Waals surface area contributed by atoms with E-state index in [2.05, 4.69) is 5.32 Å². The Kier molecular flexibility index (Phi) is 2.50. The van der Waals surface area contributed by atoms with E-state index < -0.39 is 5.97 Å². The average Bonchev–Trinajstić information content (AvgIpc) is 2.71. The highest BCUT2D eigenvalue weighted by Gasteiger charge is 2.15. The van der Waals surface area contributed by atoms with Crippen molar-refractivity contribution in [1.82, 2.24) is 5.32 Å². The molecule has 1 aromatic rings. The maximum absolute atomic E-state index is 10.6. The van der Waals surface area contributed by atoms with Crippen LogP contribution in [-0.4, -0.2) is 17.6 Å². The van der Waals surface area contributed by atoms with E-state index in [1.54, 1.807) is 12.1 Å². The van der Waals surface area contributed by atoms with Crippen LogP contribution in [0.5, 0.6) is 0 Å². The quantitative estimate of drug-likeness (QED) is 0.749. The molecule has 0 aliphatic carbocycles. The van der Waals surface area contributed by atoms with E-state index in [4.69, 9.17) is 5.11 Å². The molecule has 1 aromatic carbocycles. The summed E-state index contributed by atoms with van der Waals surface area (Å²) in [5, 5.41) is 12.1. The first-order valence-corrected chi connectivity index (χ1v) is 4.84. The van der Waals surface area contributed by atoms with Crippen LogP contribution in [0.2, 0.25) is 0 Å². The average molecular weight is 191 g/mol. The van der Waals surface area contributed by atoms with E-state index in [0.29, 0.717) is 11.6 Å². The molecule has 14 heavy (non-hydrogen) atoms. The van der Waals surface area contributed by atoms with Crippen molar-refractivity contribution < 1.29 is 9.90 Å². The number of hydrogen-bond acceptors (Lipinski definition) is 2. The number of aromatic carboxylic acids is 1. The van der Waals surface area contributed by atoms with Gasteiger partial charge in [-0.1, -0.05) is 12.1 Å². The molecule has 1 aliphatic heterocycles. The second kappa shape index (κ2) is 3.80. The molecule has 3 heteroatoms. The monoisotopic (exact) mass is 191 g/mol. The van der Waals surface area contributed by atoms with Gasteiger partial charge in [0.2, 0.25) is 0 Å². The second-order valence-electron chi connectivity index (χ2n) is 3.58. The number of benzene rings is 1. The fourth-order valence-electron chi connectivity index (χ4n) is 1.83. The van der Waals surface area contributed by atoms with Crippen molar-refractivity contribution in [2.45, 2.75) is 18.9 Å². The van der Waals surface area contributed by atoms with Crippen molar-refractivity contribution in [2.24, 2.45) is 0 Å². The lowest BCUT2D eigenvalue weighted by molar-refractivity contribution is 0.0697. The Morgan fingerprint density at radius 1 is 1.36 bits per heavy atom. The summed E-state index contributed by atoms with van der Waals surface area (Å²) in [7, 11) is 0. The van der Waals surface area contributed by atoms with E-state index in [-0.39, 0.29) is 0 Å². The molecule has 2 rings (SSSR count). The van der Waals surface area contributed by atoms with Crippen LogP contribution in [-0.2, 0) is 0 Å². The number of carboxylic acid groups (broad SMARTS) is 1. The fourth-order valence-corrected chi connectivity index (χ4v) is 1.83. The summed E-state index contributed by atoms with van der Waals surface area (Å²) in [4.78, 5) is 10.6. The Morgan fingerprint density at radius 2 is 2.07 bits per heavy atom. The number of carboxylic acids is 1. The second-order valence-corrected chi connectivity index (χ2v) is 3.58. The van der Waals surface area contributed by atoms with E-state index in [1.165, 1.54) is 12.0 Å². The standard InChI is InChI=1S/C11H13NO2/c13-11(14)9-5-3-8(4-6-9)10-2-1-7-12-10/h3-6,10,12H,1-2,7H2,(H,13,14)/t10-/m0/s1. The molecular weight excluding hydrogens is 178 g/mol. The first-order chi connectivity index (χ1) is 6.77. The summed E-state index contributed by atoms with van der Waals surface area (Å²) in [6, 6.07) is 7.53. The maximum Gasteiger partial charge on any atom is 0.335 e. The minimum absolute atomic E-state index is 0.353. The van der Waals surface area contributed by atoms with Gasteiger partial charge in [-0.3, -0.25) is 0 Å². The first kappa shape index (κ1) is 9.21. The van der Waals surface area contributed by atoms with E-state index in [0.717, 1.165) is 13.0 Å². The van der Waals surface area contributed by atoms with Crippen molar-refractivity contribution in [1.29, 1.82) is 0 Å². The summed E-state index contributed by atoms with van der Waals surface area (Å²) in [5.74, 6) is -0.865. The smallest absolute Gasteiger partial charge is 0.335 e. The van der Waals surface area contributed by atoms with Crippen molar-refractivity contribution in [3.8, 4) is 0 Å². The van der Waals surface area contributed by atoms with Gasteiger partial charge in [-0.05, 0) is 37.1 Å². The van der Waals surface area contributed by atoms with Crippen LogP contribution < -0.4 is 5.32 Å². The van der Waals surface area contributed by atoms with E-state index in [9.17, 15) is 4.79 Å². The number of rotatable bonds is 2. The van der Waals surface area contributed by atoms with Crippen LogP contribution in [0.1, 0.15) is 34.8 Å². The van der Waals surface area contributed by atoms with Crippen molar-refractivity contribution in [3.05, 3.63) is 35.4 Å². The zero-order valence-electron chi connectivity index (χ0n) is 7.86.